The van der Waals surface area contributed by atoms with Crippen LogP contribution in [-0.2, 0) is 28.7 Å². The zero-order chi connectivity index (χ0) is 37.5. The lowest BCUT2D eigenvalue weighted by molar-refractivity contribution is -0.162. The molecule has 3 fully saturated rings. The molecule has 10 heteroatoms. The normalized spacial score (nSPS) is 24.0. The number of benzene rings is 3. The summed E-state index contributed by atoms with van der Waals surface area (Å²) in [5, 5.41) is 14.3. The van der Waals surface area contributed by atoms with E-state index >= 15 is 4.79 Å². The molecule has 3 aliphatic rings. The van der Waals surface area contributed by atoms with Crippen molar-refractivity contribution in [1.29, 1.82) is 0 Å². The van der Waals surface area contributed by atoms with E-state index in [0.717, 1.165) is 23.6 Å². The van der Waals surface area contributed by atoms with E-state index in [2.05, 4.69) is 18.5 Å². The summed E-state index contributed by atoms with van der Waals surface area (Å²) in [5.74, 6) is -3.16. The first-order chi connectivity index (χ1) is 25.7. The molecule has 0 radical (unpaired) electrons. The molecule has 1 spiro atoms. The summed E-state index contributed by atoms with van der Waals surface area (Å²) in [6.45, 7) is 10.1. The van der Waals surface area contributed by atoms with Crippen LogP contribution in [0.15, 0.2) is 98.1 Å². The fraction of sp³-hybridized carbons (Fsp3) is 0.442. The number of fused-ring (bicyclic) bond motifs is 2. The van der Waals surface area contributed by atoms with E-state index in [1.807, 2.05) is 72.8 Å². The molecule has 0 saturated carbocycles. The fourth-order valence-electron chi connectivity index (χ4n) is 8.57. The monoisotopic (exact) mass is 721 g/mol. The number of ether oxygens (including phenoxy) is 2. The predicted octanol–water partition coefficient (Wildman–Crippen LogP) is 6.04. The first kappa shape index (κ1) is 37.9. The van der Waals surface area contributed by atoms with Gasteiger partial charge in [-0.05, 0) is 67.5 Å². The predicted molar refractivity (Wildman–Crippen MR) is 204 cm³/mol. The molecule has 280 valence electrons. The van der Waals surface area contributed by atoms with Gasteiger partial charge in [0.15, 0.2) is 0 Å². The van der Waals surface area contributed by atoms with Gasteiger partial charge in [0.2, 0.25) is 11.8 Å². The van der Waals surface area contributed by atoms with Gasteiger partial charge < -0.3 is 29.7 Å². The molecular formula is C43H51N3O7. The lowest BCUT2D eigenvalue weighted by Crippen LogP contribution is -2.56. The van der Waals surface area contributed by atoms with Crippen LogP contribution in [0.5, 0.6) is 0 Å². The summed E-state index contributed by atoms with van der Waals surface area (Å²) in [4.78, 5) is 60.1. The molecule has 3 aliphatic heterocycles. The van der Waals surface area contributed by atoms with E-state index in [1.54, 1.807) is 28.9 Å². The molecule has 10 nitrogen and oxygen atoms in total. The second-order valence-electron chi connectivity index (χ2n) is 14.4. The van der Waals surface area contributed by atoms with Crippen molar-refractivity contribution < 1.29 is 33.8 Å². The molecule has 0 aliphatic carbocycles. The fourth-order valence-corrected chi connectivity index (χ4v) is 8.57. The molecule has 3 heterocycles. The van der Waals surface area contributed by atoms with Crippen LogP contribution in [0, 0.1) is 11.8 Å². The van der Waals surface area contributed by atoms with Gasteiger partial charge in [-0.1, -0.05) is 85.7 Å². The zero-order valence-electron chi connectivity index (χ0n) is 30.5. The number of nitrogens with one attached hydrogen (secondary N) is 1. The molecule has 0 aromatic heterocycles. The average Bonchev–Trinajstić information content (AvgIpc) is 3.82. The summed E-state index contributed by atoms with van der Waals surface area (Å²) in [5.41, 5.74) is 0.181. The lowest BCUT2D eigenvalue weighted by atomic mass is 9.70. The number of hydrogen-bond acceptors (Lipinski definition) is 7. The smallest absolute Gasteiger partial charge is 0.313 e. The van der Waals surface area contributed by atoms with Crippen molar-refractivity contribution in [3.8, 4) is 0 Å². The van der Waals surface area contributed by atoms with Gasteiger partial charge in [0.1, 0.15) is 17.7 Å². The Hall–Kier alpha value is -4.80. The standard InChI is InChI=1S/C43H51N3O7/c1-4-6-20-35(48)44-29(3)38(31-17-10-9-11-18-31)52-42(51)36-34-23-24-43(53-34)37(36)40(49)46(26-14-7-8-15-27-47)39(43)41(50)45(25-5-2)33-22-21-30-16-12-13-19-32(30)28-33/h4-5,9-13,16-19,21-22,28-29,34,36-39,47H,1-2,6-8,14-15,20,23-27H2,3H3,(H,44,48)/t29-,34+,36-,37-,38-,39+,43-/m0/s1. The first-order valence-electron chi connectivity index (χ1n) is 18.9. The van der Waals surface area contributed by atoms with Crippen molar-refractivity contribution in [1.82, 2.24) is 10.2 Å². The van der Waals surface area contributed by atoms with Crippen LogP contribution in [0.4, 0.5) is 5.69 Å². The van der Waals surface area contributed by atoms with Gasteiger partial charge in [0.05, 0.1) is 24.0 Å². The van der Waals surface area contributed by atoms with Gasteiger partial charge >= 0.3 is 5.97 Å². The van der Waals surface area contributed by atoms with Crippen LogP contribution in [-0.4, -0.2) is 77.2 Å². The summed E-state index contributed by atoms with van der Waals surface area (Å²) in [7, 11) is 0. The Kier molecular flexibility index (Phi) is 12.1. The molecule has 2 N–H and O–H groups in total. The third kappa shape index (κ3) is 7.66. The Labute approximate surface area is 311 Å². The summed E-state index contributed by atoms with van der Waals surface area (Å²) in [6, 6.07) is 21.5. The maximum Gasteiger partial charge on any atom is 0.313 e. The van der Waals surface area contributed by atoms with Crippen LogP contribution >= 0.6 is 0 Å². The van der Waals surface area contributed by atoms with Crippen molar-refractivity contribution in [2.75, 3.05) is 24.6 Å². The third-order valence-electron chi connectivity index (χ3n) is 11.0. The maximum atomic E-state index is 15.0. The van der Waals surface area contributed by atoms with Gasteiger partial charge in [-0.2, -0.15) is 0 Å². The van der Waals surface area contributed by atoms with Crippen molar-refractivity contribution >= 4 is 40.2 Å². The number of carbonyl (C=O) groups is 4. The number of aliphatic hydroxyl groups is 1. The SMILES string of the molecule is C=CCCC(=O)N[C@@H](C)[C@H](OC(=O)[C@@H]1[C@H]2C(=O)N(CCCCCCO)[C@H](C(=O)N(CC=C)c3ccc4ccccc4c3)[C@]23CC[C@H]1O3)c1ccccc1. The van der Waals surface area contributed by atoms with Crippen molar-refractivity contribution in [2.45, 2.75) is 88.2 Å². The molecule has 53 heavy (non-hydrogen) atoms. The second kappa shape index (κ2) is 16.9. The summed E-state index contributed by atoms with van der Waals surface area (Å²) >= 11 is 0. The number of rotatable bonds is 18. The van der Waals surface area contributed by atoms with Gasteiger partial charge in [-0.3, -0.25) is 19.2 Å². The number of likely N-dealkylation sites (tertiary alicyclic amines) is 1. The average molecular weight is 722 g/mol. The Balaban J connectivity index is 1.32. The summed E-state index contributed by atoms with van der Waals surface area (Å²) in [6.07, 6.45) is 6.52. The first-order valence-corrected chi connectivity index (χ1v) is 18.9. The minimum absolute atomic E-state index is 0.0946. The number of esters is 1. The van der Waals surface area contributed by atoms with E-state index in [0.29, 0.717) is 49.9 Å². The maximum absolute atomic E-state index is 15.0. The lowest BCUT2D eigenvalue weighted by Gasteiger charge is -2.37. The number of unbranched alkanes of at least 4 members (excludes halogenated alkanes) is 3. The number of carbonyl (C=O) groups excluding carboxylic acids is 4. The number of aliphatic hydroxyl groups excluding tert-OH is 1. The van der Waals surface area contributed by atoms with Crippen molar-refractivity contribution in [3.05, 3.63) is 104 Å². The third-order valence-corrected chi connectivity index (χ3v) is 11.0. The highest BCUT2D eigenvalue weighted by molar-refractivity contribution is 6.05. The minimum Gasteiger partial charge on any atom is -0.455 e. The van der Waals surface area contributed by atoms with Gasteiger partial charge in [-0.25, -0.2) is 0 Å². The van der Waals surface area contributed by atoms with E-state index in [1.165, 1.54) is 0 Å². The van der Waals surface area contributed by atoms with Gasteiger partial charge in [0.25, 0.3) is 5.91 Å². The highest BCUT2D eigenvalue weighted by Crippen LogP contribution is 2.59. The van der Waals surface area contributed by atoms with Crippen LogP contribution in [0.25, 0.3) is 10.8 Å². The second-order valence-corrected chi connectivity index (χ2v) is 14.4. The van der Waals surface area contributed by atoms with E-state index in [-0.39, 0.29) is 37.3 Å². The number of anilines is 1. The van der Waals surface area contributed by atoms with E-state index < -0.39 is 47.7 Å². The summed E-state index contributed by atoms with van der Waals surface area (Å²) < 4.78 is 13.0. The van der Waals surface area contributed by atoms with Crippen LogP contribution < -0.4 is 10.2 Å². The van der Waals surface area contributed by atoms with Crippen molar-refractivity contribution in [2.24, 2.45) is 11.8 Å². The zero-order valence-corrected chi connectivity index (χ0v) is 30.5. The van der Waals surface area contributed by atoms with E-state index in [4.69, 9.17) is 9.47 Å². The Bertz CT molecular complexity index is 1810. The molecule has 6 rings (SSSR count). The van der Waals surface area contributed by atoms with Gasteiger partial charge in [0, 0.05) is 31.8 Å². The molecule has 7 atom stereocenters. The quantitative estimate of drug-likeness (QED) is 0.0933. The Morgan fingerprint density at radius 2 is 1.75 bits per heavy atom. The van der Waals surface area contributed by atoms with Crippen LogP contribution in [0.3, 0.4) is 0 Å². The highest BCUT2D eigenvalue weighted by atomic mass is 16.6. The van der Waals surface area contributed by atoms with Crippen molar-refractivity contribution in [3.63, 3.8) is 0 Å². The molecule has 3 amide bonds. The Morgan fingerprint density at radius 1 is 1.02 bits per heavy atom. The number of hydrogen-bond donors (Lipinski definition) is 2. The van der Waals surface area contributed by atoms with Crippen LogP contribution in [0.1, 0.15) is 70.0 Å². The highest BCUT2D eigenvalue weighted by Gasteiger charge is 2.75. The molecule has 3 aromatic rings. The van der Waals surface area contributed by atoms with Crippen LogP contribution in [0.2, 0.25) is 0 Å². The molecule has 2 bridgehead atoms. The number of nitrogens with zero attached hydrogens (tertiary/aromatic N) is 2. The van der Waals surface area contributed by atoms with Gasteiger partial charge in [-0.15, -0.1) is 13.2 Å². The topological polar surface area (TPSA) is 125 Å². The Morgan fingerprint density at radius 3 is 2.49 bits per heavy atom. The number of amides is 3. The minimum atomic E-state index is -1.21. The molecule has 0 unspecified atom stereocenters. The largest absolute Gasteiger partial charge is 0.455 e. The molecule has 3 aromatic carbocycles. The van der Waals surface area contributed by atoms with E-state index in [9.17, 15) is 19.5 Å². The molecule has 3 saturated heterocycles. The molecular weight excluding hydrogens is 670 g/mol. The number of allylic oxidation sites excluding steroid dienone is 1.